The summed E-state index contributed by atoms with van der Waals surface area (Å²) in [7, 11) is 0. The van der Waals surface area contributed by atoms with Crippen LogP contribution >= 0.6 is 0 Å². The van der Waals surface area contributed by atoms with Crippen molar-refractivity contribution in [2.75, 3.05) is 6.61 Å². The van der Waals surface area contributed by atoms with Crippen LogP contribution in [0.1, 0.15) is 17.2 Å². The molecule has 2 aliphatic rings. The quantitative estimate of drug-likeness (QED) is 0.159. The summed E-state index contributed by atoms with van der Waals surface area (Å²) in [6.07, 6.45) is 0.356. The van der Waals surface area contributed by atoms with Gasteiger partial charge in [-0.1, -0.05) is 48.6 Å². The average molecular weight is 585 g/mol. The highest BCUT2D eigenvalue weighted by Gasteiger charge is 2.47. The molecule has 9 atom stereocenters. The fourth-order valence-corrected chi connectivity index (χ4v) is 4.98. The molecular weight excluding hydrogens is 550 g/mol. The predicted molar refractivity (Wildman–Crippen MR) is 145 cm³/mol. The van der Waals surface area contributed by atoms with E-state index in [2.05, 4.69) is 6.58 Å². The highest BCUT2D eigenvalue weighted by molar-refractivity contribution is 5.88. The molecule has 0 amide bonds. The molecule has 0 spiro atoms. The van der Waals surface area contributed by atoms with Crippen LogP contribution < -0.4 is 4.57 Å². The molecule has 0 radical (unpaired) electrons. The molecule has 224 valence electrons. The average Bonchev–Trinajstić information content (AvgIpc) is 2.99. The molecule has 0 saturated carbocycles. The number of benzene rings is 1. The molecular formula is C30H34NO11+. The zero-order valence-electron chi connectivity index (χ0n) is 22.5. The Hall–Kier alpha value is -3.91. The fourth-order valence-electron chi connectivity index (χ4n) is 4.98. The zero-order chi connectivity index (χ0) is 30.4. The topological polar surface area (TPSA) is 187 Å². The van der Waals surface area contributed by atoms with Crippen LogP contribution in [-0.4, -0.2) is 86.2 Å². The van der Waals surface area contributed by atoms with Crippen LogP contribution in [0.15, 0.2) is 85.4 Å². The molecule has 0 unspecified atom stereocenters. The summed E-state index contributed by atoms with van der Waals surface area (Å²) >= 11 is 0. The van der Waals surface area contributed by atoms with Crippen LogP contribution in [0.5, 0.6) is 0 Å². The van der Waals surface area contributed by atoms with Gasteiger partial charge in [-0.15, -0.1) is 6.58 Å². The highest BCUT2D eigenvalue weighted by Crippen LogP contribution is 2.36. The zero-order valence-corrected chi connectivity index (χ0v) is 22.5. The number of aromatic nitrogens is 1. The highest BCUT2D eigenvalue weighted by atomic mass is 16.8. The lowest BCUT2D eigenvalue weighted by Gasteiger charge is -2.42. The number of aliphatic hydroxyl groups is 4. The number of carboxylic acid groups (broad SMARTS) is 2. The van der Waals surface area contributed by atoms with Gasteiger partial charge in [0.2, 0.25) is 6.29 Å². The van der Waals surface area contributed by atoms with Crippen molar-refractivity contribution >= 4 is 18.0 Å². The number of rotatable bonds is 11. The fraction of sp³-hybridized carbons (Fsp3) is 0.367. The molecule has 6 N–H and O–H groups in total. The molecule has 3 heterocycles. The first-order chi connectivity index (χ1) is 20.1. The number of nitrogens with zero attached hydrogens (tertiary/aromatic N) is 1. The van der Waals surface area contributed by atoms with E-state index >= 15 is 0 Å². The molecule has 2 aromatic rings. The number of hydrogen-bond donors (Lipinski definition) is 6. The lowest BCUT2D eigenvalue weighted by atomic mass is 9.83. The maximum Gasteiger partial charge on any atom is 0.373 e. The Bertz CT molecular complexity index is 1310. The van der Waals surface area contributed by atoms with Gasteiger partial charge in [0, 0.05) is 24.0 Å². The van der Waals surface area contributed by atoms with Crippen LogP contribution in [0, 0.1) is 11.8 Å². The Labute approximate surface area is 241 Å². The van der Waals surface area contributed by atoms with Gasteiger partial charge in [-0.05, 0) is 11.6 Å². The van der Waals surface area contributed by atoms with Crippen molar-refractivity contribution in [3.8, 4) is 0 Å². The molecule has 42 heavy (non-hydrogen) atoms. The van der Waals surface area contributed by atoms with Crippen molar-refractivity contribution < 1.29 is 59.0 Å². The third-order valence-corrected chi connectivity index (χ3v) is 7.31. The van der Waals surface area contributed by atoms with Crippen LogP contribution in [-0.2, 0) is 30.2 Å². The van der Waals surface area contributed by atoms with E-state index in [4.69, 9.17) is 14.2 Å². The minimum absolute atomic E-state index is 0.110. The van der Waals surface area contributed by atoms with Crippen molar-refractivity contribution in [3.05, 3.63) is 96.6 Å². The number of aliphatic hydroxyl groups excluding tert-OH is 4. The van der Waals surface area contributed by atoms with E-state index in [0.29, 0.717) is 5.56 Å². The van der Waals surface area contributed by atoms with Crippen LogP contribution in [0.3, 0.4) is 0 Å². The molecule has 1 aromatic heterocycles. The third-order valence-electron chi connectivity index (χ3n) is 7.31. The van der Waals surface area contributed by atoms with Crippen molar-refractivity contribution in [2.24, 2.45) is 11.8 Å². The molecule has 1 fully saturated rings. The monoisotopic (exact) mass is 584 g/mol. The first-order valence-corrected chi connectivity index (χ1v) is 13.3. The second-order valence-electron chi connectivity index (χ2n) is 10.0. The van der Waals surface area contributed by atoms with Crippen molar-refractivity contribution in [1.82, 2.24) is 0 Å². The maximum absolute atomic E-state index is 12.1. The van der Waals surface area contributed by atoms with Gasteiger partial charge >= 0.3 is 11.9 Å². The van der Waals surface area contributed by atoms with Crippen LogP contribution in [0.25, 0.3) is 6.08 Å². The van der Waals surface area contributed by atoms with Crippen LogP contribution in [0.2, 0.25) is 0 Å². The van der Waals surface area contributed by atoms with Gasteiger partial charge in [0.05, 0.1) is 24.4 Å². The second kappa shape index (κ2) is 13.8. The van der Waals surface area contributed by atoms with E-state index in [9.17, 15) is 40.2 Å². The van der Waals surface area contributed by atoms with Gasteiger partial charge < -0.3 is 44.8 Å². The smallest absolute Gasteiger partial charge is 0.373 e. The Morgan fingerprint density at radius 2 is 1.76 bits per heavy atom. The van der Waals surface area contributed by atoms with E-state index in [0.717, 1.165) is 11.8 Å². The molecule has 12 heteroatoms. The third kappa shape index (κ3) is 6.93. The summed E-state index contributed by atoms with van der Waals surface area (Å²) in [5, 5.41) is 59.7. The Morgan fingerprint density at radius 1 is 1.02 bits per heavy atom. The molecule has 1 saturated heterocycles. The summed E-state index contributed by atoms with van der Waals surface area (Å²) in [5.74, 6) is -3.91. The molecule has 12 nitrogen and oxygen atoms in total. The molecule has 2 aliphatic heterocycles. The maximum atomic E-state index is 12.1. The van der Waals surface area contributed by atoms with Gasteiger partial charge in [0.1, 0.15) is 24.4 Å². The summed E-state index contributed by atoms with van der Waals surface area (Å²) in [4.78, 5) is 24.2. The van der Waals surface area contributed by atoms with E-state index in [1.165, 1.54) is 6.08 Å². The van der Waals surface area contributed by atoms with Gasteiger partial charge in [-0.3, -0.25) is 0 Å². The number of pyridine rings is 1. The van der Waals surface area contributed by atoms with Crippen molar-refractivity contribution in [2.45, 2.75) is 49.5 Å². The molecule has 1 aromatic carbocycles. The number of carboxylic acids is 2. The summed E-state index contributed by atoms with van der Waals surface area (Å²) in [6, 6.07) is 11.8. The molecule has 0 bridgehead atoms. The van der Waals surface area contributed by atoms with Gasteiger partial charge in [0.25, 0.3) is 6.04 Å². The van der Waals surface area contributed by atoms with E-state index < -0.39 is 73.4 Å². The second-order valence-corrected chi connectivity index (χ2v) is 10.0. The normalized spacial score (nSPS) is 30.2. The SMILES string of the molecule is C=C[C@H]1[C@H](O[C@H]2O[C@@H](CO)[C@H](O)[C@@H](O)[C@@H]2O)OC=C(C(=O)O)[C@H]1/C=C/c1ccc[n+]([C@@H](Cc2ccccc2)C(=O)O)c1. The minimum atomic E-state index is -1.69. The predicted octanol–water partition coefficient (Wildman–Crippen LogP) is 0.415. The van der Waals surface area contributed by atoms with Gasteiger partial charge in [-0.2, -0.15) is 4.57 Å². The van der Waals surface area contributed by atoms with Gasteiger partial charge in [0.15, 0.2) is 18.7 Å². The summed E-state index contributed by atoms with van der Waals surface area (Å²) < 4.78 is 18.3. The van der Waals surface area contributed by atoms with E-state index in [-0.39, 0.29) is 12.0 Å². The summed E-state index contributed by atoms with van der Waals surface area (Å²) in [6.45, 7) is 3.13. The van der Waals surface area contributed by atoms with Gasteiger partial charge in [-0.25, -0.2) is 9.59 Å². The minimum Gasteiger partial charge on any atom is -0.478 e. The lowest BCUT2D eigenvalue weighted by molar-refractivity contribution is -0.710. The first kappa shape index (κ1) is 31.0. The number of hydrogen-bond acceptors (Lipinski definition) is 9. The molecule has 0 aliphatic carbocycles. The van der Waals surface area contributed by atoms with E-state index in [1.807, 2.05) is 30.3 Å². The standard InChI is InChI=1S/C30H33NO11/c1-2-19-20(11-10-18-9-6-12-31(14-18)22(28(38)39)13-17-7-4-3-5-8-17)21(27(36)37)16-40-29(19)42-30-26(35)25(34)24(33)23(15-32)41-30/h2-12,14,16,19-20,22-26,29-30,32-35H,1,13,15H2,(H-,36,37,38,39)/p+1/b11-10+/t19-,20+,22+,23+,24+,25-,26+,29+,30-/m1/s1. The Morgan fingerprint density at radius 3 is 2.40 bits per heavy atom. The number of aliphatic carboxylic acids is 2. The molecule has 4 rings (SSSR count). The van der Waals surface area contributed by atoms with Crippen LogP contribution in [0.4, 0.5) is 0 Å². The van der Waals surface area contributed by atoms with Crippen molar-refractivity contribution in [1.29, 1.82) is 0 Å². The summed E-state index contributed by atoms with van der Waals surface area (Å²) in [5.41, 5.74) is 1.35. The largest absolute Gasteiger partial charge is 0.478 e. The Kier molecular flexibility index (Phi) is 10.2. The van der Waals surface area contributed by atoms with E-state index in [1.54, 1.807) is 41.2 Å². The number of ether oxygens (including phenoxy) is 3. The lowest BCUT2D eigenvalue weighted by Crippen LogP contribution is -2.60. The number of allylic oxidation sites excluding steroid dienone is 1. The number of carbonyl (C=O) groups is 2. The van der Waals surface area contributed by atoms with Crippen molar-refractivity contribution in [3.63, 3.8) is 0 Å². The Balaban J connectivity index is 1.57. The first-order valence-electron chi connectivity index (χ1n) is 13.3.